The molecule has 3 aromatic rings. The lowest BCUT2D eigenvalue weighted by molar-refractivity contribution is 1.18. The van der Waals surface area contributed by atoms with Gasteiger partial charge in [0.05, 0.1) is 5.69 Å². The zero-order valence-electron chi connectivity index (χ0n) is 10.2. The molecule has 2 aromatic heterocycles. The number of anilines is 3. The van der Waals surface area contributed by atoms with Crippen LogP contribution in [0.5, 0.6) is 0 Å². The third-order valence-electron chi connectivity index (χ3n) is 2.54. The van der Waals surface area contributed by atoms with Gasteiger partial charge in [0.25, 0.3) is 0 Å². The summed E-state index contributed by atoms with van der Waals surface area (Å²) in [6.07, 6.45) is 1.61. The van der Waals surface area contributed by atoms with Crippen molar-refractivity contribution in [2.45, 2.75) is 0 Å². The van der Waals surface area contributed by atoms with Crippen LogP contribution in [0.4, 0.5) is 16.8 Å². The molecule has 0 fully saturated rings. The average Bonchev–Trinajstić information content (AvgIpc) is 2.90. The van der Waals surface area contributed by atoms with Gasteiger partial charge in [0, 0.05) is 22.3 Å². The predicted molar refractivity (Wildman–Crippen MR) is 82.3 cm³/mol. The van der Waals surface area contributed by atoms with E-state index in [-0.39, 0.29) is 5.95 Å². The Morgan fingerprint density at radius 3 is 2.60 bits per heavy atom. The van der Waals surface area contributed by atoms with Gasteiger partial charge in [-0.15, -0.1) is 11.3 Å². The largest absolute Gasteiger partial charge is 0.368 e. The first-order valence-corrected chi connectivity index (χ1v) is 7.03. The fraction of sp³-hybridized carbons (Fsp3) is 0. The number of nitrogen functional groups attached to an aromatic ring is 1. The molecule has 0 aliphatic heterocycles. The molecule has 0 aliphatic carbocycles. The van der Waals surface area contributed by atoms with Gasteiger partial charge < -0.3 is 11.1 Å². The topological polar surface area (TPSA) is 76.7 Å². The van der Waals surface area contributed by atoms with E-state index >= 15 is 0 Å². The Bertz CT molecular complexity index is 726. The first kappa shape index (κ1) is 12.8. The van der Waals surface area contributed by atoms with Crippen LogP contribution in [0.25, 0.3) is 11.4 Å². The van der Waals surface area contributed by atoms with Crippen LogP contribution in [0.2, 0.25) is 5.02 Å². The van der Waals surface area contributed by atoms with E-state index in [0.29, 0.717) is 10.7 Å². The highest BCUT2D eigenvalue weighted by molar-refractivity contribution is 7.14. The lowest BCUT2D eigenvalue weighted by Crippen LogP contribution is -1.95. The monoisotopic (exact) mass is 303 g/mol. The third kappa shape index (κ3) is 2.87. The van der Waals surface area contributed by atoms with Gasteiger partial charge in [-0.05, 0) is 30.3 Å². The zero-order valence-corrected chi connectivity index (χ0v) is 11.8. The minimum absolute atomic E-state index is 0.239. The number of nitrogens with one attached hydrogen (secondary N) is 1. The smallest absolute Gasteiger partial charge is 0.220 e. The average molecular weight is 304 g/mol. The number of nitrogens with zero attached hydrogens (tertiary/aromatic N) is 3. The number of benzene rings is 1. The van der Waals surface area contributed by atoms with Crippen molar-refractivity contribution < 1.29 is 0 Å². The van der Waals surface area contributed by atoms with Crippen molar-refractivity contribution in [3.05, 3.63) is 46.9 Å². The number of rotatable bonds is 3. The summed E-state index contributed by atoms with van der Waals surface area (Å²) in [7, 11) is 0. The Labute approximate surface area is 124 Å². The second kappa shape index (κ2) is 5.44. The van der Waals surface area contributed by atoms with Gasteiger partial charge in [-0.1, -0.05) is 11.6 Å². The van der Waals surface area contributed by atoms with E-state index in [1.807, 2.05) is 29.6 Å². The summed E-state index contributed by atoms with van der Waals surface area (Å²) in [5, 5.41) is 6.60. The van der Waals surface area contributed by atoms with Crippen molar-refractivity contribution in [2.24, 2.45) is 0 Å². The second-order valence-corrected chi connectivity index (χ2v) is 5.26. The molecule has 0 radical (unpaired) electrons. The molecular formula is C13H10ClN5S. The van der Waals surface area contributed by atoms with E-state index in [0.717, 1.165) is 16.5 Å². The maximum absolute atomic E-state index is 5.85. The van der Waals surface area contributed by atoms with Gasteiger partial charge >= 0.3 is 0 Å². The van der Waals surface area contributed by atoms with Crippen molar-refractivity contribution in [1.82, 2.24) is 15.0 Å². The van der Waals surface area contributed by atoms with Crippen molar-refractivity contribution in [2.75, 3.05) is 11.1 Å². The summed E-state index contributed by atoms with van der Waals surface area (Å²) in [5.74, 6) is 0.239. The summed E-state index contributed by atoms with van der Waals surface area (Å²) in [4.78, 5) is 12.5. The van der Waals surface area contributed by atoms with Gasteiger partial charge in [0.2, 0.25) is 5.95 Å². The standard InChI is InChI=1S/C13H10ClN5S/c14-8-1-3-9(4-2-8)17-13-19-11(7-20-13)10-5-6-16-12(15)18-10/h1-7H,(H,17,19)(H2,15,16,18). The van der Waals surface area contributed by atoms with E-state index in [4.69, 9.17) is 17.3 Å². The maximum atomic E-state index is 5.85. The SMILES string of the molecule is Nc1nccc(-c2csc(Nc3ccc(Cl)cc3)n2)n1. The fourth-order valence-electron chi connectivity index (χ4n) is 1.62. The molecule has 0 saturated heterocycles. The molecule has 100 valence electrons. The van der Waals surface area contributed by atoms with Crippen molar-refractivity contribution >= 4 is 39.7 Å². The van der Waals surface area contributed by atoms with Crippen LogP contribution >= 0.6 is 22.9 Å². The van der Waals surface area contributed by atoms with Crippen molar-refractivity contribution in [3.8, 4) is 11.4 Å². The number of halogens is 1. The molecule has 2 heterocycles. The van der Waals surface area contributed by atoms with E-state index in [1.54, 1.807) is 12.3 Å². The van der Waals surface area contributed by atoms with Crippen molar-refractivity contribution in [1.29, 1.82) is 0 Å². The quantitative estimate of drug-likeness (QED) is 0.773. The minimum atomic E-state index is 0.239. The Kier molecular flexibility index (Phi) is 3.49. The Hall–Kier alpha value is -2.18. The first-order valence-electron chi connectivity index (χ1n) is 5.78. The summed E-state index contributed by atoms with van der Waals surface area (Å²) in [5.41, 5.74) is 7.96. The van der Waals surface area contributed by atoms with Gasteiger partial charge in [-0.3, -0.25) is 0 Å². The Balaban J connectivity index is 1.82. The number of aromatic nitrogens is 3. The first-order chi connectivity index (χ1) is 9.70. The second-order valence-electron chi connectivity index (χ2n) is 3.97. The molecule has 3 rings (SSSR count). The van der Waals surface area contributed by atoms with Gasteiger partial charge in [-0.25, -0.2) is 15.0 Å². The van der Waals surface area contributed by atoms with Crippen LogP contribution in [-0.4, -0.2) is 15.0 Å². The molecule has 0 bridgehead atoms. The van der Waals surface area contributed by atoms with E-state index in [1.165, 1.54) is 11.3 Å². The third-order valence-corrected chi connectivity index (χ3v) is 3.55. The van der Waals surface area contributed by atoms with Crippen LogP contribution in [-0.2, 0) is 0 Å². The molecule has 7 heteroatoms. The molecule has 5 nitrogen and oxygen atoms in total. The van der Waals surface area contributed by atoms with Gasteiger partial charge in [0.1, 0.15) is 5.69 Å². The van der Waals surface area contributed by atoms with Crippen LogP contribution in [0, 0.1) is 0 Å². The van der Waals surface area contributed by atoms with E-state index in [9.17, 15) is 0 Å². The molecule has 20 heavy (non-hydrogen) atoms. The Morgan fingerprint density at radius 2 is 1.85 bits per heavy atom. The van der Waals surface area contributed by atoms with Crippen LogP contribution in [0.1, 0.15) is 0 Å². The molecule has 0 amide bonds. The van der Waals surface area contributed by atoms with Crippen molar-refractivity contribution in [3.63, 3.8) is 0 Å². The molecule has 0 atom stereocenters. The molecule has 0 unspecified atom stereocenters. The van der Waals surface area contributed by atoms with E-state index < -0.39 is 0 Å². The molecule has 3 N–H and O–H groups in total. The van der Waals surface area contributed by atoms with E-state index in [2.05, 4.69) is 20.3 Å². The molecule has 1 aromatic carbocycles. The van der Waals surface area contributed by atoms with Crippen LogP contribution < -0.4 is 11.1 Å². The minimum Gasteiger partial charge on any atom is -0.368 e. The zero-order chi connectivity index (χ0) is 13.9. The normalized spacial score (nSPS) is 10.4. The molecule has 0 saturated carbocycles. The highest BCUT2D eigenvalue weighted by atomic mass is 35.5. The van der Waals surface area contributed by atoms with Gasteiger partial charge in [0.15, 0.2) is 5.13 Å². The number of nitrogens with two attached hydrogens (primary N) is 1. The lowest BCUT2D eigenvalue weighted by atomic mass is 10.3. The summed E-state index contributed by atoms with van der Waals surface area (Å²) >= 11 is 7.34. The summed E-state index contributed by atoms with van der Waals surface area (Å²) < 4.78 is 0. The van der Waals surface area contributed by atoms with Crippen LogP contribution in [0.3, 0.4) is 0 Å². The van der Waals surface area contributed by atoms with Gasteiger partial charge in [-0.2, -0.15) is 0 Å². The molecule has 0 aliphatic rings. The Morgan fingerprint density at radius 1 is 1.05 bits per heavy atom. The maximum Gasteiger partial charge on any atom is 0.220 e. The predicted octanol–water partition coefficient (Wildman–Crippen LogP) is 3.58. The van der Waals surface area contributed by atoms with Crippen LogP contribution in [0.15, 0.2) is 41.9 Å². The highest BCUT2D eigenvalue weighted by Gasteiger charge is 2.06. The number of thiazole rings is 1. The number of hydrogen-bond donors (Lipinski definition) is 2. The lowest BCUT2D eigenvalue weighted by Gasteiger charge is -2.01. The fourth-order valence-corrected chi connectivity index (χ4v) is 2.47. The number of hydrogen-bond acceptors (Lipinski definition) is 6. The summed E-state index contributed by atoms with van der Waals surface area (Å²) in [6.45, 7) is 0. The molecular weight excluding hydrogens is 294 g/mol. The molecule has 0 spiro atoms. The summed E-state index contributed by atoms with van der Waals surface area (Å²) in [6, 6.07) is 9.21. The highest BCUT2D eigenvalue weighted by Crippen LogP contribution is 2.26.